The number of anilines is 2. The third-order valence-corrected chi connectivity index (χ3v) is 8.90. The Kier molecular flexibility index (Phi) is 8.91. The molecule has 1 aliphatic heterocycles. The number of amides is 1. The number of aromatic nitrogens is 3. The van der Waals surface area contributed by atoms with Crippen LogP contribution in [-0.4, -0.2) is 20.7 Å². The van der Waals surface area contributed by atoms with E-state index in [0.29, 0.717) is 51.1 Å². The molecule has 4 aromatic carbocycles. The van der Waals surface area contributed by atoms with E-state index >= 15 is 0 Å². The first-order valence-corrected chi connectivity index (χ1v) is 15.8. The highest BCUT2D eigenvalue weighted by atomic mass is 35.5. The Morgan fingerprint density at radius 1 is 1.00 bits per heavy atom. The minimum Gasteiger partial charge on any atom is -0.489 e. The van der Waals surface area contributed by atoms with Crippen LogP contribution in [0.2, 0.25) is 5.02 Å². The minimum absolute atomic E-state index is 0.247. The summed E-state index contributed by atoms with van der Waals surface area (Å²) in [6.07, 6.45) is 0. The van der Waals surface area contributed by atoms with Crippen molar-refractivity contribution < 1.29 is 13.9 Å². The van der Waals surface area contributed by atoms with Crippen molar-refractivity contribution in [2.24, 2.45) is 0 Å². The number of aryl methyl sites for hydroxylation is 1. The van der Waals surface area contributed by atoms with Crippen molar-refractivity contribution in [1.82, 2.24) is 14.8 Å². The molecule has 0 spiro atoms. The van der Waals surface area contributed by atoms with Crippen molar-refractivity contribution in [1.29, 1.82) is 0 Å². The molecule has 1 aromatic heterocycles. The van der Waals surface area contributed by atoms with E-state index in [4.69, 9.17) is 26.4 Å². The molecule has 0 saturated carbocycles. The van der Waals surface area contributed by atoms with Crippen molar-refractivity contribution in [2.75, 3.05) is 10.6 Å². The van der Waals surface area contributed by atoms with Crippen molar-refractivity contribution in [3.05, 3.63) is 141 Å². The summed E-state index contributed by atoms with van der Waals surface area (Å²) in [5.41, 5.74) is 6.40. The molecular formula is C35H31ClFN5O2S. The Morgan fingerprint density at radius 2 is 1.76 bits per heavy atom. The fourth-order valence-electron chi connectivity index (χ4n) is 5.12. The number of allylic oxidation sites excluding steroid dienone is 1. The van der Waals surface area contributed by atoms with Gasteiger partial charge in [-0.1, -0.05) is 78.0 Å². The van der Waals surface area contributed by atoms with Gasteiger partial charge in [0.1, 0.15) is 24.2 Å². The van der Waals surface area contributed by atoms with Gasteiger partial charge in [-0.2, -0.15) is 4.98 Å². The quantitative estimate of drug-likeness (QED) is 0.157. The number of rotatable bonds is 9. The van der Waals surface area contributed by atoms with Gasteiger partial charge >= 0.3 is 0 Å². The largest absolute Gasteiger partial charge is 0.489 e. The zero-order valence-electron chi connectivity index (χ0n) is 25.0. The zero-order valence-corrected chi connectivity index (χ0v) is 26.5. The molecule has 1 aliphatic rings. The lowest BCUT2D eigenvalue weighted by Crippen LogP contribution is -2.31. The molecule has 0 fully saturated rings. The Labute approximate surface area is 270 Å². The highest BCUT2D eigenvalue weighted by Gasteiger charge is 2.34. The highest BCUT2D eigenvalue weighted by molar-refractivity contribution is 7.98. The molecule has 2 heterocycles. The van der Waals surface area contributed by atoms with Crippen LogP contribution >= 0.6 is 23.4 Å². The Balaban J connectivity index is 1.30. The van der Waals surface area contributed by atoms with Crippen molar-refractivity contribution in [3.8, 4) is 5.75 Å². The Morgan fingerprint density at radius 3 is 2.51 bits per heavy atom. The molecule has 0 radical (unpaired) electrons. The Bertz CT molecular complexity index is 1890. The number of fused-ring (bicyclic) bond motifs is 1. The number of carbonyl (C=O) groups is 1. The van der Waals surface area contributed by atoms with Crippen LogP contribution < -0.4 is 15.4 Å². The lowest BCUT2D eigenvalue weighted by molar-refractivity contribution is -0.113. The predicted octanol–water partition coefficient (Wildman–Crippen LogP) is 8.49. The van der Waals surface area contributed by atoms with Gasteiger partial charge in [0, 0.05) is 22.2 Å². The number of nitrogens with one attached hydrogen (secondary N) is 2. The molecule has 1 unspecified atom stereocenters. The summed E-state index contributed by atoms with van der Waals surface area (Å²) in [5, 5.41) is 12.3. The number of benzene rings is 4. The fraction of sp³-hybridized carbons (Fsp3) is 0.171. The second kappa shape index (κ2) is 13.2. The molecule has 5 aromatic rings. The number of nitrogens with zero attached hydrogens (tertiary/aromatic N) is 3. The van der Waals surface area contributed by atoms with Crippen LogP contribution in [0.4, 0.5) is 16.0 Å². The number of hydrogen-bond donors (Lipinski definition) is 2. The number of thioether (sulfide) groups is 1. The predicted molar refractivity (Wildman–Crippen MR) is 177 cm³/mol. The van der Waals surface area contributed by atoms with E-state index < -0.39 is 6.04 Å². The molecule has 1 amide bonds. The number of ether oxygens (including phenoxy) is 1. The molecule has 0 bridgehead atoms. The topological polar surface area (TPSA) is 81.1 Å². The molecule has 0 aliphatic carbocycles. The maximum Gasteiger partial charge on any atom is 0.255 e. The van der Waals surface area contributed by atoms with Gasteiger partial charge in [-0.15, -0.1) is 5.10 Å². The minimum atomic E-state index is -0.577. The lowest BCUT2D eigenvalue weighted by atomic mass is 9.94. The SMILES string of the molecule is CC1=C(C(=O)Nc2cccc(C)c2C)C(c2ccc(OCc3ccc(Cl)cc3)cc2)n2nc(SCc3ccccc3F)nc2N1. The van der Waals surface area contributed by atoms with Crippen molar-refractivity contribution in [3.63, 3.8) is 0 Å². The average molecular weight is 640 g/mol. The van der Waals surface area contributed by atoms with Gasteiger partial charge in [0.15, 0.2) is 0 Å². The summed E-state index contributed by atoms with van der Waals surface area (Å²) < 4.78 is 22.0. The standard InChI is InChI=1S/C35H31ClFN5O2S/c1-21-7-6-10-30(22(21)2)39-33(43)31-23(3)38-34-40-35(45-20-26-8-4-5-9-29(26)37)41-42(34)32(31)25-13-17-28(18-14-25)44-19-24-11-15-27(36)16-12-24/h4-18,32H,19-20H2,1-3H3,(H,39,43)(H,38,40,41). The summed E-state index contributed by atoms with van der Waals surface area (Å²) in [4.78, 5) is 18.7. The molecular weight excluding hydrogens is 609 g/mol. The van der Waals surface area contributed by atoms with Gasteiger partial charge in [-0.3, -0.25) is 4.79 Å². The van der Waals surface area contributed by atoms with E-state index in [2.05, 4.69) is 10.6 Å². The summed E-state index contributed by atoms with van der Waals surface area (Å²) in [7, 11) is 0. The summed E-state index contributed by atoms with van der Waals surface area (Å²) in [5.74, 6) is 1.03. The molecule has 6 rings (SSSR count). The summed E-state index contributed by atoms with van der Waals surface area (Å²) in [6.45, 7) is 6.25. The second-order valence-electron chi connectivity index (χ2n) is 10.8. The summed E-state index contributed by atoms with van der Waals surface area (Å²) >= 11 is 7.34. The molecule has 228 valence electrons. The first kappa shape index (κ1) is 30.4. The average Bonchev–Trinajstić information content (AvgIpc) is 3.44. The molecule has 0 saturated heterocycles. The van der Waals surface area contributed by atoms with Crippen molar-refractivity contribution >= 4 is 40.9 Å². The number of hydrogen-bond acceptors (Lipinski definition) is 6. The Hall–Kier alpha value is -4.60. The normalized spacial score (nSPS) is 14.1. The van der Waals surface area contributed by atoms with Crippen LogP contribution in [0.25, 0.3) is 0 Å². The number of halogens is 2. The van der Waals surface area contributed by atoms with Crippen LogP contribution in [0, 0.1) is 19.7 Å². The van der Waals surface area contributed by atoms with Gasteiger partial charge in [0.25, 0.3) is 5.91 Å². The van der Waals surface area contributed by atoms with Gasteiger partial charge in [-0.05, 0) is 85.0 Å². The maximum absolute atomic E-state index is 14.3. The van der Waals surface area contributed by atoms with E-state index in [1.807, 2.05) is 87.5 Å². The molecule has 45 heavy (non-hydrogen) atoms. The zero-order chi connectivity index (χ0) is 31.5. The molecule has 10 heteroatoms. The van der Waals surface area contributed by atoms with Gasteiger partial charge < -0.3 is 15.4 Å². The smallest absolute Gasteiger partial charge is 0.255 e. The molecule has 1 atom stereocenters. The summed E-state index contributed by atoms with van der Waals surface area (Å²) in [6, 6.07) is 27.1. The second-order valence-corrected chi connectivity index (χ2v) is 12.2. The van der Waals surface area contributed by atoms with Gasteiger partial charge in [0.2, 0.25) is 11.1 Å². The fourth-order valence-corrected chi connectivity index (χ4v) is 6.06. The van der Waals surface area contributed by atoms with Gasteiger partial charge in [0.05, 0.1) is 5.57 Å². The maximum atomic E-state index is 14.3. The van der Waals surface area contributed by atoms with Crippen LogP contribution in [0.15, 0.2) is 107 Å². The van der Waals surface area contributed by atoms with E-state index in [9.17, 15) is 9.18 Å². The molecule has 2 N–H and O–H groups in total. The van der Waals surface area contributed by atoms with E-state index in [1.54, 1.807) is 22.9 Å². The van der Waals surface area contributed by atoms with Crippen LogP contribution in [-0.2, 0) is 17.2 Å². The van der Waals surface area contributed by atoms with E-state index in [0.717, 1.165) is 27.9 Å². The first-order chi connectivity index (χ1) is 21.8. The highest BCUT2D eigenvalue weighted by Crippen LogP contribution is 2.38. The monoisotopic (exact) mass is 639 g/mol. The number of carbonyl (C=O) groups excluding carboxylic acids is 1. The molecule has 7 nitrogen and oxygen atoms in total. The van der Waals surface area contributed by atoms with Crippen LogP contribution in [0.5, 0.6) is 5.75 Å². The van der Waals surface area contributed by atoms with E-state index in [-0.39, 0.29) is 11.7 Å². The van der Waals surface area contributed by atoms with E-state index in [1.165, 1.54) is 17.8 Å². The third-order valence-electron chi connectivity index (χ3n) is 7.76. The first-order valence-electron chi connectivity index (χ1n) is 14.4. The van der Waals surface area contributed by atoms with Crippen molar-refractivity contribution in [2.45, 2.75) is 44.3 Å². The van der Waals surface area contributed by atoms with Crippen LogP contribution in [0.3, 0.4) is 0 Å². The third kappa shape index (κ3) is 6.74. The lowest BCUT2D eigenvalue weighted by Gasteiger charge is -2.29. The van der Waals surface area contributed by atoms with Gasteiger partial charge in [-0.25, -0.2) is 9.07 Å². The van der Waals surface area contributed by atoms with Crippen LogP contribution in [0.1, 0.15) is 40.8 Å².